The summed E-state index contributed by atoms with van der Waals surface area (Å²) in [4.78, 5) is 14.4. The Bertz CT molecular complexity index is 241. The van der Waals surface area contributed by atoms with Crippen LogP contribution in [0, 0.1) is 5.41 Å². The summed E-state index contributed by atoms with van der Waals surface area (Å²) in [6, 6.07) is 0. The topological polar surface area (TPSA) is 65.3 Å². The van der Waals surface area contributed by atoms with Gasteiger partial charge in [-0.2, -0.15) is 0 Å². The molecular weight excluding hydrogens is 154 g/mol. The molecule has 0 heterocycles. The van der Waals surface area contributed by atoms with Crippen molar-refractivity contribution in [2.45, 2.75) is 13.8 Å². The summed E-state index contributed by atoms with van der Waals surface area (Å²) in [5, 5.41) is 9.53. The third-order valence-corrected chi connectivity index (χ3v) is 1.22. The van der Waals surface area contributed by atoms with Gasteiger partial charge in [-0.15, -0.1) is 0 Å². The van der Waals surface area contributed by atoms with E-state index < -0.39 is 0 Å². The van der Waals surface area contributed by atoms with Gasteiger partial charge in [0, 0.05) is 7.05 Å². The number of aliphatic imine (C=N–C) groups is 1. The number of carbonyl (C=O) groups is 1. The van der Waals surface area contributed by atoms with E-state index in [1.54, 1.807) is 14.0 Å². The summed E-state index contributed by atoms with van der Waals surface area (Å²) < 4.78 is 0. The lowest BCUT2D eigenvalue weighted by Gasteiger charge is -2.02. The van der Waals surface area contributed by atoms with Crippen LogP contribution >= 0.6 is 0 Å². The molecule has 4 nitrogen and oxygen atoms in total. The van der Waals surface area contributed by atoms with Gasteiger partial charge >= 0.3 is 0 Å². The van der Waals surface area contributed by atoms with Crippen molar-refractivity contribution in [2.24, 2.45) is 4.99 Å². The molecule has 0 aromatic carbocycles. The number of nitrogens with one attached hydrogen (secondary N) is 2. The zero-order valence-corrected chi connectivity index (χ0v) is 7.51. The molecule has 0 rings (SSSR count). The van der Waals surface area contributed by atoms with Crippen molar-refractivity contribution in [3.05, 3.63) is 11.6 Å². The molecule has 0 unspecified atom stereocenters. The van der Waals surface area contributed by atoms with Crippen molar-refractivity contribution in [3.8, 4) is 0 Å². The summed E-state index contributed by atoms with van der Waals surface area (Å²) in [7, 11) is 1.69. The number of carbonyl (C=O) groups excluding carboxylic acids is 1. The van der Waals surface area contributed by atoms with Crippen molar-refractivity contribution >= 4 is 18.0 Å². The van der Waals surface area contributed by atoms with Gasteiger partial charge in [-0.25, -0.2) is 4.99 Å². The Kier molecular flexibility index (Phi) is 4.60. The van der Waals surface area contributed by atoms with Crippen LogP contribution in [0.15, 0.2) is 16.6 Å². The third-order valence-electron chi connectivity index (χ3n) is 1.22. The molecule has 0 fully saturated rings. The summed E-state index contributed by atoms with van der Waals surface area (Å²) in [5.74, 6) is 0.514. The highest BCUT2D eigenvalue weighted by molar-refractivity contribution is 6.05. The van der Waals surface area contributed by atoms with Crippen LogP contribution in [-0.4, -0.2) is 25.0 Å². The monoisotopic (exact) mass is 167 g/mol. The molecule has 0 aliphatic carbocycles. The first-order valence-electron chi connectivity index (χ1n) is 3.55. The zero-order chi connectivity index (χ0) is 9.56. The maximum atomic E-state index is 10.7. The normalized spacial score (nSPS) is 12.6. The van der Waals surface area contributed by atoms with Crippen LogP contribution in [0.3, 0.4) is 0 Å². The lowest BCUT2D eigenvalue weighted by Crippen LogP contribution is -2.20. The molecule has 0 aromatic rings. The second kappa shape index (κ2) is 5.23. The van der Waals surface area contributed by atoms with Crippen molar-refractivity contribution in [1.29, 1.82) is 5.41 Å². The van der Waals surface area contributed by atoms with Gasteiger partial charge in [-0.1, -0.05) is 0 Å². The fourth-order valence-corrected chi connectivity index (χ4v) is 0.801. The van der Waals surface area contributed by atoms with E-state index in [2.05, 4.69) is 10.3 Å². The van der Waals surface area contributed by atoms with Gasteiger partial charge in [-0.3, -0.25) is 10.2 Å². The standard InChI is InChI=1S/C8H13N3O/c1-6(4-7(2)12)8(10-3)11-5-9/h4-5H,1-3H3,(H2,9,10,11)/b6-4+. The smallest absolute Gasteiger partial charge is 0.153 e. The molecule has 0 spiro atoms. The predicted molar refractivity (Wildman–Crippen MR) is 49.7 cm³/mol. The second-order valence-electron chi connectivity index (χ2n) is 2.29. The SMILES string of the molecule is CNC(=N/C=N)/C(C)=C/C(C)=O. The minimum absolute atomic E-state index is 0.0274. The van der Waals surface area contributed by atoms with E-state index >= 15 is 0 Å². The van der Waals surface area contributed by atoms with E-state index in [1.807, 2.05) is 0 Å². The number of likely N-dealkylation sites (N-methyl/N-ethyl adjacent to an activating group) is 1. The maximum Gasteiger partial charge on any atom is 0.153 e. The number of hydrogen-bond donors (Lipinski definition) is 2. The Hall–Kier alpha value is -1.45. The lowest BCUT2D eigenvalue weighted by molar-refractivity contribution is -0.112. The molecule has 0 saturated carbocycles. The summed E-state index contributed by atoms with van der Waals surface area (Å²) in [5.41, 5.74) is 0.730. The van der Waals surface area contributed by atoms with Crippen molar-refractivity contribution in [3.63, 3.8) is 0 Å². The Morgan fingerprint density at radius 2 is 2.08 bits per heavy atom. The number of ketones is 1. The van der Waals surface area contributed by atoms with Gasteiger partial charge in [0.25, 0.3) is 0 Å². The van der Waals surface area contributed by atoms with Gasteiger partial charge < -0.3 is 5.32 Å². The van der Waals surface area contributed by atoms with Gasteiger partial charge in [0.05, 0.1) is 0 Å². The van der Waals surface area contributed by atoms with Crippen LogP contribution in [0.25, 0.3) is 0 Å². The number of allylic oxidation sites excluding steroid dienone is 1. The molecule has 0 amide bonds. The minimum atomic E-state index is -0.0274. The Morgan fingerprint density at radius 3 is 2.42 bits per heavy atom. The van der Waals surface area contributed by atoms with Crippen LogP contribution in [0.1, 0.15) is 13.8 Å². The minimum Gasteiger partial charge on any atom is -0.373 e. The van der Waals surface area contributed by atoms with E-state index in [0.717, 1.165) is 11.9 Å². The highest BCUT2D eigenvalue weighted by atomic mass is 16.1. The molecule has 66 valence electrons. The summed E-state index contributed by atoms with van der Waals surface area (Å²) >= 11 is 0. The van der Waals surface area contributed by atoms with Crippen LogP contribution < -0.4 is 5.32 Å². The average Bonchev–Trinajstić information content (AvgIpc) is 1.98. The molecule has 2 N–H and O–H groups in total. The lowest BCUT2D eigenvalue weighted by atomic mass is 10.2. The largest absolute Gasteiger partial charge is 0.373 e. The first-order chi connectivity index (χ1) is 5.61. The fourth-order valence-electron chi connectivity index (χ4n) is 0.801. The van der Waals surface area contributed by atoms with Gasteiger partial charge in [0.15, 0.2) is 5.78 Å². The van der Waals surface area contributed by atoms with E-state index in [-0.39, 0.29) is 5.78 Å². The Morgan fingerprint density at radius 1 is 1.50 bits per heavy atom. The maximum absolute atomic E-state index is 10.7. The fraction of sp³-hybridized carbons (Fsp3) is 0.375. The molecule has 0 aliphatic rings. The van der Waals surface area contributed by atoms with Crippen LogP contribution in [0.2, 0.25) is 0 Å². The quantitative estimate of drug-likeness (QED) is 0.370. The first-order valence-corrected chi connectivity index (χ1v) is 3.55. The molecule has 0 aromatic heterocycles. The molecule has 12 heavy (non-hydrogen) atoms. The van der Waals surface area contributed by atoms with Crippen molar-refractivity contribution in [1.82, 2.24) is 5.32 Å². The van der Waals surface area contributed by atoms with E-state index in [1.165, 1.54) is 13.0 Å². The summed E-state index contributed by atoms with van der Waals surface area (Å²) in [6.07, 6.45) is 2.40. The number of hydrogen-bond acceptors (Lipinski definition) is 2. The number of amidine groups is 1. The molecule has 0 bridgehead atoms. The van der Waals surface area contributed by atoms with E-state index in [0.29, 0.717) is 5.84 Å². The average molecular weight is 167 g/mol. The third kappa shape index (κ3) is 3.65. The molecular formula is C8H13N3O. The summed E-state index contributed by atoms with van der Waals surface area (Å²) in [6.45, 7) is 3.24. The van der Waals surface area contributed by atoms with E-state index in [4.69, 9.17) is 5.41 Å². The Balaban J connectivity index is 4.63. The molecule has 0 aliphatic heterocycles. The van der Waals surface area contributed by atoms with Crippen molar-refractivity contribution < 1.29 is 4.79 Å². The second-order valence-corrected chi connectivity index (χ2v) is 2.29. The molecule has 0 radical (unpaired) electrons. The predicted octanol–water partition coefficient (Wildman–Crippen LogP) is 0.747. The first kappa shape index (κ1) is 10.6. The zero-order valence-electron chi connectivity index (χ0n) is 7.51. The highest BCUT2D eigenvalue weighted by Crippen LogP contribution is 1.94. The van der Waals surface area contributed by atoms with Gasteiger partial charge in [0.2, 0.25) is 0 Å². The van der Waals surface area contributed by atoms with Gasteiger partial charge in [-0.05, 0) is 25.5 Å². The number of rotatable bonds is 3. The van der Waals surface area contributed by atoms with Crippen LogP contribution in [0.5, 0.6) is 0 Å². The number of nitrogens with zero attached hydrogens (tertiary/aromatic N) is 1. The van der Waals surface area contributed by atoms with Crippen molar-refractivity contribution in [2.75, 3.05) is 7.05 Å². The van der Waals surface area contributed by atoms with Crippen LogP contribution in [-0.2, 0) is 4.79 Å². The molecule has 0 atom stereocenters. The highest BCUT2D eigenvalue weighted by Gasteiger charge is 1.98. The van der Waals surface area contributed by atoms with E-state index in [9.17, 15) is 4.79 Å². The molecule has 0 saturated heterocycles. The van der Waals surface area contributed by atoms with Gasteiger partial charge in [0.1, 0.15) is 12.2 Å². The van der Waals surface area contributed by atoms with Crippen LogP contribution in [0.4, 0.5) is 0 Å². The Labute approximate surface area is 71.9 Å². The molecule has 4 heteroatoms.